The number of rotatable bonds is 6. The van der Waals surface area contributed by atoms with Crippen LogP contribution in [0.2, 0.25) is 0 Å². The molecule has 7 nitrogen and oxygen atoms in total. The number of hydrogen-bond acceptors (Lipinski definition) is 7. The lowest BCUT2D eigenvalue weighted by Gasteiger charge is -2.25. The average Bonchev–Trinajstić information content (AvgIpc) is 2.23. The minimum Gasteiger partial charge on any atom is -0.473 e. The van der Waals surface area contributed by atoms with Crippen molar-refractivity contribution >= 4 is 0 Å². The van der Waals surface area contributed by atoms with Crippen molar-refractivity contribution in [1.82, 2.24) is 10.7 Å². The average molecular weight is 216 g/mol. The molecule has 0 saturated carbocycles. The molecule has 1 aliphatic heterocycles. The maximum Gasteiger partial charge on any atom is 0.302 e. The van der Waals surface area contributed by atoms with Gasteiger partial charge >= 0.3 is 11.8 Å². The first-order valence-corrected chi connectivity index (χ1v) is 4.92. The highest BCUT2D eigenvalue weighted by Gasteiger charge is 2.22. The molecule has 86 valence electrons. The molecule has 1 heterocycles. The third kappa shape index (κ3) is 2.98. The second-order valence-electron chi connectivity index (χ2n) is 2.49. The molecule has 7 heteroatoms. The van der Waals surface area contributed by atoms with E-state index in [9.17, 15) is 0 Å². The van der Waals surface area contributed by atoms with Crippen LogP contribution in [0.1, 0.15) is 20.8 Å². The Balaban J connectivity index is 2.78. The van der Waals surface area contributed by atoms with Crippen molar-refractivity contribution in [1.29, 1.82) is 0 Å². The van der Waals surface area contributed by atoms with E-state index in [1.54, 1.807) is 0 Å². The van der Waals surface area contributed by atoms with E-state index in [-0.39, 0.29) is 0 Å². The third-order valence-corrected chi connectivity index (χ3v) is 1.46. The fourth-order valence-corrected chi connectivity index (χ4v) is 0.984. The molecule has 15 heavy (non-hydrogen) atoms. The molecule has 1 aliphatic rings. The maximum atomic E-state index is 5.35. The fourth-order valence-electron chi connectivity index (χ4n) is 0.984. The first-order valence-electron chi connectivity index (χ1n) is 4.92. The van der Waals surface area contributed by atoms with E-state index in [0.29, 0.717) is 31.6 Å². The molecule has 0 bridgehead atoms. The first kappa shape index (κ1) is 11.6. The van der Waals surface area contributed by atoms with Crippen LogP contribution >= 0.6 is 0 Å². The number of hydroxylamine groups is 1. The Bertz CT molecular complexity index is 254. The quantitative estimate of drug-likeness (QED) is 0.725. The third-order valence-electron chi connectivity index (χ3n) is 1.46. The van der Waals surface area contributed by atoms with Crippen molar-refractivity contribution < 1.29 is 14.3 Å². The van der Waals surface area contributed by atoms with Crippen molar-refractivity contribution in [2.45, 2.75) is 20.8 Å². The molecule has 0 amide bonds. The molecule has 0 radical (unpaired) electrons. The van der Waals surface area contributed by atoms with Crippen LogP contribution in [-0.4, -0.2) is 25.0 Å². The second kappa shape index (κ2) is 6.07. The molecular formula is C8H16N4O3. The van der Waals surface area contributed by atoms with Crippen molar-refractivity contribution in [2.75, 3.05) is 19.8 Å². The largest absolute Gasteiger partial charge is 0.473 e. The van der Waals surface area contributed by atoms with Crippen molar-refractivity contribution in [2.24, 2.45) is 10.3 Å². The molecule has 0 spiro atoms. The Kier molecular flexibility index (Phi) is 4.69. The van der Waals surface area contributed by atoms with Crippen molar-refractivity contribution in [3.05, 3.63) is 11.8 Å². The molecule has 0 aromatic carbocycles. The zero-order valence-electron chi connectivity index (χ0n) is 9.19. The normalized spacial score (nSPS) is 15.3. The smallest absolute Gasteiger partial charge is 0.302 e. The van der Waals surface area contributed by atoms with Crippen LogP contribution in [-0.2, 0) is 14.3 Å². The number of ether oxygens (including phenoxy) is 2. The number of nitrogens with zero attached hydrogens (tertiary/aromatic N) is 3. The van der Waals surface area contributed by atoms with Gasteiger partial charge in [-0.15, -0.1) is 5.17 Å². The number of nitrogens with one attached hydrogen (secondary N) is 1. The molecule has 0 unspecified atom stereocenters. The van der Waals surface area contributed by atoms with Crippen LogP contribution in [0.25, 0.3) is 0 Å². The van der Waals surface area contributed by atoms with Gasteiger partial charge in [0, 0.05) is 0 Å². The van der Waals surface area contributed by atoms with E-state index >= 15 is 0 Å². The van der Waals surface area contributed by atoms with Gasteiger partial charge in [-0.25, -0.2) is 4.84 Å². The van der Waals surface area contributed by atoms with E-state index < -0.39 is 0 Å². The molecule has 1 rings (SSSR count). The summed E-state index contributed by atoms with van der Waals surface area (Å²) in [4.78, 5) is 5.23. The fraction of sp³-hybridized carbons (Fsp3) is 0.750. The van der Waals surface area contributed by atoms with Crippen LogP contribution in [0, 0.1) is 0 Å². The predicted octanol–water partition coefficient (Wildman–Crippen LogP) is 1.32. The topological polar surface area (TPSA) is 67.7 Å². The molecule has 1 N–H and O–H groups in total. The predicted molar refractivity (Wildman–Crippen MR) is 51.7 cm³/mol. The summed E-state index contributed by atoms with van der Waals surface area (Å²) in [7, 11) is 0. The Labute approximate surface area is 88.6 Å². The van der Waals surface area contributed by atoms with Gasteiger partial charge in [0.2, 0.25) is 0 Å². The summed E-state index contributed by atoms with van der Waals surface area (Å²) < 4.78 is 10.6. The van der Waals surface area contributed by atoms with Gasteiger partial charge in [-0.05, 0) is 26.0 Å². The lowest BCUT2D eigenvalue weighted by molar-refractivity contribution is -0.206. The zero-order chi connectivity index (χ0) is 11.1. The Morgan fingerprint density at radius 1 is 1.13 bits per heavy atom. The molecule has 0 aromatic heterocycles. The van der Waals surface area contributed by atoms with Crippen molar-refractivity contribution in [3.8, 4) is 0 Å². The van der Waals surface area contributed by atoms with Crippen LogP contribution in [0.4, 0.5) is 0 Å². The zero-order valence-corrected chi connectivity index (χ0v) is 9.19. The summed E-state index contributed by atoms with van der Waals surface area (Å²) >= 11 is 0. The maximum absolute atomic E-state index is 5.35. The highest BCUT2D eigenvalue weighted by Crippen LogP contribution is 2.17. The van der Waals surface area contributed by atoms with Crippen molar-refractivity contribution in [3.63, 3.8) is 0 Å². The Morgan fingerprint density at radius 2 is 1.87 bits per heavy atom. The van der Waals surface area contributed by atoms with Crippen LogP contribution in [0.15, 0.2) is 22.1 Å². The van der Waals surface area contributed by atoms with Gasteiger partial charge in [-0.1, -0.05) is 5.11 Å². The van der Waals surface area contributed by atoms with Crippen LogP contribution in [0.5, 0.6) is 0 Å². The Morgan fingerprint density at radius 3 is 2.47 bits per heavy atom. The van der Waals surface area contributed by atoms with Gasteiger partial charge in [-0.2, -0.15) is 5.53 Å². The van der Waals surface area contributed by atoms with Gasteiger partial charge in [0.25, 0.3) is 0 Å². The summed E-state index contributed by atoms with van der Waals surface area (Å²) in [6.07, 6.45) is 0. The standard InChI is InChI=1S/C8H16N4O3/c1-4-13-7-8(14-5-2)12(15-6-3)11-10-9-7/h4-6H2,1-3H3,(H,9,11). The van der Waals surface area contributed by atoms with Gasteiger partial charge in [0.05, 0.1) is 19.8 Å². The lowest BCUT2D eigenvalue weighted by atomic mass is 10.7. The molecule has 0 fully saturated rings. The molecule has 0 saturated heterocycles. The number of hydrazine groups is 1. The van der Waals surface area contributed by atoms with Gasteiger partial charge < -0.3 is 9.47 Å². The second-order valence-corrected chi connectivity index (χ2v) is 2.49. The SMILES string of the molecule is CCOC1=C(OCC)N(OCC)NN=N1. The molecule has 0 aliphatic carbocycles. The van der Waals surface area contributed by atoms with Gasteiger partial charge in [0.15, 0.2) is 0 Å². The summed E-state index contributed by atoms with van der Waals surface area (Å²) in [6.45, 7) is 7.05. The van der Waals surface area contributed by atoms with E-state index in [0.717, 1.165) is 0 Å². The molecule has 0 aromatic rings. The lowest BCUT2D eigenvalue weighted by Crippen LogP contribution is -2.37. The Hall–Kier alpha value is -1.50. The van der Waals surface area contributed by atoms with E-state index in [1.165, 1.54) is 5.17 Å². The first-order chi connectivity index (χ1) is 7.33. The summed E-state index contributed by atoms with van der Waals surface area (Å²) in [5.41, 5.74) is 2.55. The molecule has 0 atom stereocenters. The minimum atomic E-state index is 0.312. The van der Waals surface area contributed by atoms with Crippen LogP contribution < -0.4 is 5.53 Å². The van der Waals surface area contributed by atoms with E-state index in [2.05, 4.69) is 15.9 Å². The van der Waals surface area contributed by atoms with Gasteiger partial charge in [0.1, 0.15) is 0 Å². The summed E-state index contributed by atoms with van der Waals surface area (Å²) in [5, 5.41) is 8.69. The summed E-state index contributed by atoms with van der Waals surface area (Å²) in [5.74, 6) is 0.697. The highest BCUT2D eigenvalue weighted by molar-refractivity contribution is 4.97. The van der Waals surface area contributed by atoms with Gasteiger partial charge in [-0.3, -0.25) is 0 Å². The summed E-state index contributed by atoms with van der Waals surface area (Å²) in [6, 6.07) is 0. The van der Waals surface area contributed by atoms with Crippen LogP contribution in [0.3, 0.4) is 0 Å². The highest BCUT2D eigenvalue weighted by atomic mass is 16.7. The monoisotopic (exact) mass is 216 g/mol. The van der Waals surface area contributed by atoms with E-state index in [4.69, 9.17) is 14.3 Å². The number of hydrogen-bond donors (Lipinski definition) is 1. The molecular weight excluding hydrogens is 200 g/mol. The van der Waals surface area contributed by atoms with E-state index in [1.807, 2.05) is 20.8 Å². The minimum absolute atomic E-state index is 0.312.